The molecule has 0 unspecified atom stereocenters. The summed E-state index contributed by atoms with van der Waals surface area (Å²) >= 11 is 5.20. The Morgan fingerprint density at radius 1 is 1.44 bits per heavy atom. The molecule has 1 aliphatic heterocycles. The Kier molecular flexibility index (Phi) is 8.48. The van der Waals surface area contributed by atoms with Crippen molar-refractivity contribution in [3.63, 3.8) is 0 Å². The molecule has 7 heteroatoms. The summed E-state index contributed by atoms with van der Waals surface area (Å²) in [4.78, 5) is 0. The Labute approximate surface area is 154 Å². The van der Waals surface area contributed by atoms with Gasteiger partial charge in [0.15, 0.2) is 16.6 Å². The van der Waals surface area contributed by atoms with E-state index in [-0.39, 0.29) is 6.10 Å². The zero-order valence-electron chi connectivity index (χ0n) is 14.9. The van der Waals surface area contributed by atoms with Gasteiger partial charge in [-0.25, -0.2) is 0 Å². The van der Waals surface area contributed by atoms with E-state index in [1.165, 1.54) is 0 Å². The van der Waals surface area contributed by atoms with E-state index in [4.69, 9.17) is 26.4 Å². The summed E-state index contributed by atoms with van der Waals surface area (Å²) in [5.74, 6) is 1.44. The summed E-state index contributed by atoms with van der Waals surface area (Å²) in [5, 5.41) is 7.76. The highest BCUT2D eigenvalue weighted by atomic mass is 32.1. The maximum atomic E-state index is 5.77. The zero-order valence-corrected chi connectivity index (χ0v) is 15.7. The lowest BCUT2D eigenvalue weighted by Crippen LogP contribution is -2.37. The molecule has 1 saturated heterocycles. The first-order valence-corrected chi connectivity index (χ1v) is 9.13. The molecule has 0 aliphatic carbocycles. The van der Waals surface area contributed by atoms with Crippen molar-refractivity contribution in [2.24, 2.45) is 5.10 Å². The Balaban J connectivity index is 1.82. The first-order valence-electron chi connectivity index (χ1n) is 8.72. The Morgan fingerprint density at radius 3 is 3.04 bits per heavy atom. The predicted octanol–water partition coefficient (Wildman–Crippen LogP) is 2.85. The summed E-state index contributed by atoms with van der Waals surface area (Å²) in [6.07, 6.45) is 6.23. The molecule has 1 aromatic rings. The number of methoxy groups -OCH3 is 1. The number of ether oxygens (including phenoxy) is 3. The molecule has 0 spiro atoms. The Bertz CT molecular complexity index is 575. The summed E-state index contributed by atoms with van der Waals surface area (Å²) in [7, 11) is 1.63. The lowest BCUT2D eigenvalue weighted by atomic mass is 10.2. The molecule has 0 bridgehead atoms. The topological polar surface area (TPSA) is 64.1 Å². The molecule has 1 fully saturated rings. The van der Waals surface area contributed by atoms with Gasteiger partial charge in [0.05, 0.1) is 26.0 Å². The van der Waals surface area contributed by atoms with E-state index in [2.05, 4.69) is 22.8 Å². The molecule has 0 saturated carbocycles. The summed E-state index contributed by atoms with van der Waals surface area (Å²) in [5.41, 5.74) is 3.72. The first-order chi connectivity index (χ1) is 12.2. The average molecular weight is 365 g/mol. The van der Waals surface area contributed by atoms with Crippen molar-refractivity contribution >= 4 is 23.5 Å². The van der Waals surface area contributed by atoms with E-state index in [0.29, 0.717) is 18.3 Å². The number of nitrogens with zero attached hydrogens (tertiary/aromatic N) is 1. The number of hydrogen-bond donors (Lipinski definition) is 2. The van der Waals surface area contributed by atoms with Crippen LogP contribution in [0.3, 0.4) is 0 Å². The van der Waals surface area contributed by atoms with Crippen LogP contribution in [0.5, 0.6) is 11.5 Å². The van der Waals surface area contributed by atoms with E-state index >= 15 is 0 Å². The normalized spacial score (nSPS) is 16.8. The van der Waals surface area contributed by atoms with Gasteiger partial charge in [0.25, 0.3) is 0 Å². The second-order valence-corrected chi connectivity index (χ2v) is 6.24. The molecule has 6 nitrogen and oxygen atoms in total. The van der Waals surface area contributed by atoms with Crippen LogP contribution in [0.4, 0.5) is 0 Å². The van der Waals surface area contributed by atoms with Crippen molar-refractivity contribution in [3.8, 4) is 11.5 Å². The fourth-order valence-electron chi connectivity index (χ4n) is 2.43. The lowest BCUT2D eigenvalue weighted by molar-refractivity contribution is 0.114. The maximum Gasteiger partial charge on any atom is 0.187 e. The van der Waals surface area contributed by atoms with Crippen LogP contribution in [-0.2, 0) is 4.74 Å². The maximum absolute atomic E-state index is 5.77. The number of hydrogen-bond acceptors (Lipinski definition) is 5. The van der Waals surface area contributed by atoms with Crippen molar-refractivity contribution in [2.45, 2.75) is 38.7 Å². The van der Waals surface area contributed by atoms with E-state index < -0.39 is 0 Å². The van der Waals surface area contributed by atoms with Gasteiger partial charge in [0.1, 0.15) is 0 Å². The van der Waals surface area contributed by atoms with Crippen LogP contribution in [-0.4, -0.2) is 44.3 Å². The molecule has 1 aliphatic rings. The van der Waals surface area contributed by atoms with Gasteiger partial charge in [0.2, 0.25) is 0 Å². The van der Waals surface area contributed by atoms with Crippen LogP contribution in [0, 0.1) is 0 Å². The number of unbranched alkanes of at least 4 members (excludes halogenated alkanes) is 1. The van der Waals surface area contributed by atoms with Crippen molar-refractivity contribution in [3.05, 3.63) is 23.8 Å². The number of thiocarbonyl (C=S) groups is 1. The molecule has 0 aromatic heterocycles. The molecule has 1 atom stereocenters. The highest BCUT2D eigenvalue weighted by Crippen LogP contribution is 2.27. The van der Waals surface area contributed by atoms with Gasteiger partial charge in [-0.15, -0.1) is 0 Å². The monoisotopic (exact) mass is 365 g/mol. The summed E-state index contributed by atoms with van der Waals surface area (Å²) < 4.78 is 16.6. The average Bonchev–Trinajstić information content (AvgIpc) is 3.14. The van der Waals surface area contributed by atoms with Crippen LogP contribution < -0.4 is 20.2 Å². The second kappa shape index (κ2) is 10.9. The van der Waals surface area contributed by atoms with Gasteiger partial charge in [-0.2, -0.15) is 5.10 Å². The van der Waals surface area contributed by atoms with Crippen molar-refractivity contribution in [1.29, 1.82) is 0 Å². The van der Waals surface area contributed by atoms with Gasteiger partial charge >= 0.3 is 0 Å². The SMILES string of the molecule is CCCCOc1cc(/C=N\NC(=S)NC[C@H]2CCCO2)ccc1OC. The van der Waals surface area contributed by atoms with Crippen LogP contribution in [0.2, 0.25) is 0 Å². The number of nitrogens with one attached hydrogen (secondary N) is 2. The van der Waals surface area contributed by atoms with Crippen molar-refractivity contribution < 1.29 is 14.2 Å². The van der Waals surface area contributed by atoms with Crippen LogP contribution in [0.15, 0.2) is 23.3 Å². The number of rotatable bonds is 9. The van der Waals surface area contributed by atoms with Gasteiger partial charge in [-0.05, 0) is 55.2 Å². The largest absolute Gasteiger partial charge is 0.493 e. The molecular formula is C18H27N3O3S. The quantitative estimate of drug-likeness (QED) is 0.304. The molecule has 0 radical (unpaired) electrons. The van der Waals surface area contributed by atoms with Crippen LogP contribution >= 0.6 is 12.2 Å². The van der Waals surface area contributed by atoms with Crippen LogP contribution in [0.25, 0.3) is 0 Å². The van der Waals surface area contributed by atoms with Gasteiger partial charge < -0.3 is 19.5 Å². The molecule has 2 N–H and O–H groups in total. The van der Waals surface area contributed by atoms with Gasteiger partial charge in [-0.1, -0.05) is 13.3 Å². The fraction of sp³-hybridized carbons (Fsp3) is 0.556. The summed E-state index contributed by atoms with van der Waals surface area (Å²) in [6.45, 7) is 4.35. The predicted molar refractivity (Wildman–Crippen MR) is 104 cm³/mol. The lowest BCUT2D eigenvalue weighted by Gasteiger charge is -2.12. The highest BCUT2D eigenvalue weighted by Gasteiger charge is 2.15. The fourth-order valence-corrected chi connectivity index (χ4v) is 2.57. The third-order valence-electron chi connectivity index (χ3n) is 3.84. The minimum absolute atomic E-state index is 0.244. The van der Waals surface area contributed by atoms with Gasteiger partial charge in [0, 0.05) is 13.2 Å². The Hall–Kier alpha value is -1.86. The molecule has 0 amide bonds. The molecule has 1 heterocycles. The third-order valence-corrected chi connectivity index (χ3v) is 4.07. The smallest absolute Gasteiger partial charge is 0.187 e. The number of benzene rings is 1. The molecule has 1 aromatic carbocycles. The van der Waals surface area contributed by atoms with Crippen LogP contribution in [0.1, 0.15) is 38.2 Å². The van der Waals surface area contributed by atoms with Crippen molar-refractivity contribution in [2.75, 3.05) is 26.9 Å². The summed E-state index contributed by atoms with van der Waals surface area (Å²) in [6, 6.07) is 5.69. The van der Waals surface area contributed by atoms with Gasteiger partial charge in [-0.3, -0.25) is 5.43 Å². The number of hydrazone groups is 1. The van der Waals surface area contributed by atoms with E-state index in [0.717, 1.165) is 49.4 Å². The molecule has 2 rings (SSSR count). The van der Waals surface area contributed by atoms with Crippen molar-refractivity contribution in [1.82, 2.24) is 10.7 Å². The second-order valence-electron chi connectivity index (χ2n) is 5.83. The van der Waals surface area contributed by atoms with E-state index in [9.17, 15) is 0 Å². The zero-order chi connectivity index (χ0) is 17.9. The first kappa shape index (κ1) is 19.5. The molecular weight excluding hydrogens is 338 g/mol. The standard InChI is InChI=1S/C18H27N3O3S/c1-3-4-9-24-17-11-14(7-8-16(17)22-2)12-20-21-18(25)19-13-15-6-5-10-23-15/h7-8,11-12,15H,3-6,9-10,13H2,1-2H3,(H2,19,21,25)/b20-12-/t15-/m1/s1. The molecule has 25 heavy (non-hydrogen) atoms. The minimum atomic E-state index is 0.244. The third kappa shape index (κ3) is 6.88. The van der Waals surface area contributed by atoms with E-state index in [1.807, 2.05) is 18.2 Å². The Morgan fingerprint density at radius 2 is 2.32 bits per heavy atom. The highest BCUT2D eigenvalue weighted by molar-refractivity contribution is 7.80. The van der Waals surface area contributed by atoms with E-state index in [1.54, 1.807) is 13.3 Å². The minimum Gasteiger partial charge on any atom is -0.493 e. The molecule has 138 valence electrons.